The van der Waals surface area contributed by atoms with Crippen LogP contribution in [0.5, 0.6) is 11.5 Å². The first kappa shape index (κ1) is 19.5. The zero-order valence-corrected chi connectivity index (χ0v) is 16.7. The van der Waals surface area contributed by atoms with Gasteiger partial charge in [-0.15, -0.1) is 11.8 Å². The SMILES string of the molecule is C=C/C=C(\C=C/N)C1CC(C(O)c2ccc3c(c2)OCCO3)=C(C2=NNCN2)S1. The second-order valence-corrected chi connectivity index (χ2v) is 7.92. The average Bonchev–Trinajstić information content (AvgIpc) is 3.42. The predicted molar refractivity (Wildman–Crippen MR) is 116 cm³/mol. The molecule has 1 aromatic carbocycles. The molecule has 7 nitrogen and oxygen atoms in total. The number of aliphatic hydroxyl groups is 1. The van der Waals surface area contributed by atoms with Gasteiger partial charge in [0.1, 0.15) is 26.0 Å². The first-order chi connectivity index (χ1) is 14.2. The number of thioether (sulfide) groups is 1. The fraction of sp³-hybridized carbons (Fsp3) is 0.286. The Labute approximate surface area is 174 Å². The van der Waals surface area contributed by atoms with Crippen molar-refractivity contribution in [3.8, 4) is 11.5 Å². The Balaban J connectivity index is 1.67. The third-order valence-corrected chi connectivity index (χ3v) is 6.30. The van der Waals surface area contributed by atoms with Gasteiger partial charge in [0.15, 0.2) is 17.3 Å². The molecule has 8 heteroatoms. The third-order valence-electron chi connectivity index (χ3n) is 4.88. The Morgan fingerprint density at radius 3 is 2.90 bits per heavy atom. The maximum absolute atomic E-state index is 11.3. The Morgan fingerprint density at radius 2 is 2.17 bits per heavy atom. The van der Waals surface area contributed by atoms with E-state index in [1.54, 1.807) is 17.8 Å². The highest BCUT2D eigenvalue weighted by Gasteiger charge is 2.34. The van der Waals surface area contributed by atoms with Gasteiger partial charge >= 0.3 is 0 Å². The van der Waals surface area contributed by atoms with Gasteiger partial charge in [0.05, 0.1) is 4.91 Å². The van der Waals surface area contributed by atoms with Crippen LogP contribution in [0.1, 0.15) is 18.1 Å². The molecule has 3 aliphatic rings. The summed E-state index contributed by atoms with van der Waals surface area (Å²) in [6.07, 6.45) is 6.98. The van der Waals surface area contributed by atoms with Crippen LogP contribution in [-0.4, -0.2) is 36.1 Å². The summed E-state index contributed by atoms with van der Waals surface area (Å²) in [5.41, 5.74) is 11.3. The van der Waals surface area contributed by atoms with E-state index in [-0.39, 0.29) is 5.25 Å². The van der Waals surface area contributed by atoms with E-state index in [9.17, 15) is 5.11 Å². The number of benzene rings is 1. The van der Waals surface area contributed by atoms with Gasteiger partial charge in [0.25, 0.3) is 0 Å². The van der Waals surface area contributed by atoms with E-state index < -0.39 is 6.10 Å². The van der Waals surface area contributed by atoms with Crippen LogP contribution in [0, 0.1) is 0 Å². The van der Waals surface area contributed by atoms with Gasteiger partial charge in [-0.05, 0) is 47.5 Å². The van der Waals surface area contributed by atoms with Crippen molar-refractivity contribution in [1.29, 1.82) is 0 Å². The fourth-order valence-corrected chi connectivity index (χ4v) is 4.96. The van der Waals surface area contributed by atoms with E-state index in [4.69, 9.17) is 15.2 Å². The summed E-state index contributed by atoms with van der Waals surface area (Å²) in [5.74, 6) is 2.11. The quantitative estimate of drug-likeness (QED) is 0.532. The molecule has 0 aliphatic carbocycles. The minimum atomic E-state index is -0.782. The van der Waals surface area contributed by atoms with E-state index >= 15 is 0 Å². The molecule has 0 fully saturated rings. The molecule has 2 unspecified atom stereocenters. The van der Waals surface area contributed by atoms with Crippen molar-refractivity contribution < 1.29 is 14.6 Å². The molecule has 29 heavy (non-hydrogen) atoms. The van der Waals surface area contributed by atoms with E-state index in [2.05, 4.69) is 22.4 Å². The lowest BCUT2D eigenvalue weighted by atomic mass is 9.94. The number of amidine groups is 1. The summed E-state index contributed by atoms with van der Waals surface area (Å²) in [5, 5.41) is 18.9. The van der Waals surface area contributed by atoms with Gasteiger partial charge in [-0.1, -0.05) is 24.8 Å². The molecular weight excluding hydrogens is 388 g/mol. The van der Waals surface area contributed by atoms with Crippen LogP contribution >= 0.6 is 11.8 Å². The van der Waals surface area contributed by atoms with Crippen LogP contribution < -0.4 is 25.9 Å². The van der Waals surface area contributed by atoms with Crippen LogP contribution in [0.25, 0.3) is 0 Å². The van der Waals surface area contributed by atoms with Crippen molar-refractivity contribution in [3.05, 3.63) is 70.8 Å². The predicted octanol–water partition coefficient (Wildman–Crippen LogP) is 2.30. The van der Waals surface area contributed by atoms with Crippen LogP contribution in [0.2, 0.25) is 0 Å². The number of nitrogens with two attached hydrogens (primary N) is 1. The highest BCUT2D eigenvalue weighted by Crippen LogP contribution is 2.47. The molecule has 0 aromatic heterocycles. The number of ether oxygens (including phenoxy) is 2. The first-order valence-corrected chi connectivity index (χ1v) is 10.3. The molecule has 152 valence electrons. The van der Waals surface area contributed by atoms with E-state index in [0.717, 1.165) is 27.5 Å². The normalized spacial score (nSPS) is 22.3. The molecule has 0 bridgehead atoms. The summed E-state index contributed by atoms with van der Waals surface area (Å²) >= 11 is 1.66. The maximum atomic E-state index is 11.3. The van der Waals surface area contributed by atoms with Crippen molar-refractivity contribution in [2.75, 3.05) is 19.9 Å². The van der Waals surface area contributed by atoms with Gasteiger partial charge in [0, 0.05) is 5.25 Å². The van der Waals surface area contributed by atoms with Crippen LogP contribution in [0.3, 0.4) is 0 Å². The van der Waals surface area contributed by atoms with Gasteiger partial charge in [-0.25, -0.2) is 0 Å². The number of nitrogens with one attached hydrogen (secondary N) is 2. The lowest BCUT2D eigenvalue weighted by Crippen LogP contribution is -2.22. The summed E-state index contributed by atoms with van der Waals surface area (Å²) in [7, 11) is 0. The number of aliphatic hydroxyl groups excluding tert-OH is 1. The van der Waals surface area contributed by atoms with Crippen molar-refractivity contribution in [2.45, 2.75) is 17.8 Å². The second kappa shape index (κ2) is 8.67. The second-order valence-electron chi connectivity index (χ2n) is 6.70. The number of hydrogen-bond acceptors (Lipinski definition) is 8. The molecule has 0 amide bonds. The van der Waals surface area contributed by atoms with E-state index in [1.807, 2.05) is 30.4 Å². The van der Waals surface area contributed by atoms with Gasteiger partial charge in [0.2, 0.25) is 0 Å². The molecule has 5 N–H and O–H groups in total. The Kier molecular flexibility index (Phi) is 5.82. The number of rotatable bonds is 6. The summed E-state index contributed by atoms with van der Waals surface area (Å²) in [6, 6.07) is 5.58. The Hall–Kier alpha value is -2.84. The standard InChI is InChI=1S/C21H24N4O3S/c1-2-3-13(6-7-22)18-11-15(20(29-18)21-23-12-24-25-21)19(26)14-4-5-16-17(10-14)28-9-8-27-16/h2-7,10,18-19,24,26H,1,8-9,11-12,22H2,(H,23,25)/b7-6-,13-3+. The molecule has 0 saturated carbocycles. The Morgan fingerprint density at radius 1 is 1.34 bits per heavy atom. The molecule has 4 rings (SSSR count). The number of hydrazone groups is 1. The first-order valence-electron chi connectivity index (χ1n) is 9.44. The number of nitrogens with zero attached hydrogens (tertiary/aromatic N) is 1. The van der Waals surface area contributed by atoms with E-state index in [1.165, 1.54) is 6.20 Å². The summed E-state index contributed by atoms with van der Waals surface area (Å²) in [6.45, 7) is 5.40. The summed E-state index contributed by atoms with van der Waals surface area (Å²) in [4.78, 5) is 0.947. The monoisotopic (exact) mass is 412 g/mol. The molecule has 2 atom stereocenters. The minimum absolute atomic E-state index is 0.106. The summed E-state index contributed by atoms with van der Waals surface area (Å²) < 4.78 is 11.3. The zero-order valence-electron chi connectivity index (χ0n) is 15.9. The maximum Gasteiger partial charge on any atom is 0.161 e. The van der Waals surface area contributed by atoms with Gasteiger partial charge in [-0.3, -0.25) is 5.43 Å². The number of fused-ring (bicyclic) bond motifs is 1. The molecule has 3 aliphatic heterocycles. The zero-order chi connectivity index (χ0) is 20.2. The lowest BCUT2D eigenvalue weighted by Gasteiger charge is -2.21. The number of hydrogen-bond donors (Lipinski definition) is 4. The lowest BCUT2D eigenvalue weighted by molar-refractivity contribution is 0.169. The van der Waals surface area contributed by atoms with E-state index in [0.29, 0.717) is 37.8 Å². The largest absolute Gasteiger partial charge is 0.486 e. The van der Waals surface area contributed by atoms with Crippen molar-refractivity contribution >= 4 is 17.6 Å². The Bertz CT molecular complexity index is 923. The van der Waals surface area contributed by atoms with Crippen molar-refractivity contribution in [3.63, 3.8) is 0 Å². The van der Waals surface area contributed by atoms with Crippen LogP contribution in [0.15, 0.2) is 70.4 Å². The highest BCUT2D eigenvalue weighted by atomic mass is 32.2. The highest BCUT2D eigenvalue weighted by molar-refractivity contribution is 8.05. The molecule has 1 aromatic rings. The van der Waals surface area contributed by atoms with Gasteiger partial charge < -0.3 is 25.6 Å². The van der Waals surface area contributed by atoms with Crippen LogP contribution in [0.4, 0.5) is 0 Å². The van der Waals surface area contributed by atoms with Crippen LogP contribution in [-0.2, 0) is 0 Å². The molecule has 3 heterocycles. The van der Waals surface area contributed by atoms with Crippen molar-refractivity contribution in [2.24, 2.45) is 10.8 Å². The molecular formula is C21H24N4O3S. The molecule has 0 radical (unpaired) electrons. The molecule has 0 saturated heterocycles. The third kappa shape index (κ3) is 3.99. The van der Waals surface area contributed by atoms with Crippen molar-refractivity contribution in [1.82, 2.24) is 10.7 Å². The topological polar surface area (TPSA) is 101 Å². The minimum Gasteiger partial charge on any atom is -0.486 e. The smallest absolute Gasteiger partial charge is 0.161 e. The fourth-order valence-electron chi connectivity index (χ4n) is 3.54. The average molecular weight is 413 g/mol. The van der Waals surface area contributed by atoms with Gasteiger partial charge in [-0.2, -0.15) is 5.10 Å². The molecule has 0 spiro atoms. The number of allylic oxidation sites excluding steroid dienone is 3.